The van der Waals surface area contributed by atoms with E-state index in [-0.39, 0.29) is 11.9 Å². The minimum Gasteiger partial charge on any atom is -0.352 e. The molecule has 108 valence electrons. The molecule has 0 bridgehead atoms. The quantitative estimate of drug-likeness (QED) is 0.665. The van der Waals surface area contributed by atoms with Gasteiger partial charge in [0.25, 0.3) is 5.91 Å². The lowest BCUT2D eigenvalue weighted by atomic mass is 10.2. The molecule has 0 atom stereocenters. The summed E-state index contributed by atoms with van der Waals surface area (Å²) in [6.07, 6.45) is 0.897. The Morgan fingerprint density at radius 3 is 2.65 bits per heavy atom. The Hall–Kier alpha value is -2.08. The fraction of sp³-hybridized carbons (Fsp3) is 0.429. The van der Waals surface area contributed by atoms with E-state index < -0.39 is 0 Å². The van der Waals surface area contributed by atoms with E-state index in [1.807, 2.05) is 7.05 Å². The van der Waals surface area contributed by atoms with E-state index in [0.29, 0.717) is 25.2 Å². The van der Waals surface area contributed by atoms with Crippen LogP contribution in [0.4, 0.5) is 10.5 Å². The standard InChI is InChI=1S/C14H20N4O2/c1-15-7-2-8-16-13(19)11-3-5-12(6-4-11)18-10-9-17-14(18)20/h3-6,15H,2,7-10H2,1H3,(H,16,19)(H,17,20). The van der Waals surface area contributed by atoms with Crippen molar-refractivity contribution >= 4 is 17.6 Å². The number of hydrogen-bond donors (Lipinski definition) is 3. The SMILES string of the molecule is CNCCCNC(=O)c1ccc(N2CCNC2=O)cc1. The van der Waals surface area contributed by atoms with Gasteiger partial charge in [-0.05, 0) is 44.3 Å². The van der Waals surface area contributed by atoms with Crippen molar-refractivity contribution in [2.24, 2.45) is 0 Å². The third-order valence-corrected chi connectivity index (χ3v) is 3.19. The van der Waals surface area contributed by atoms with Crippen LogP contribution in [-0.4, -0.2) is 45.2 Å². The number of anilines is 1. The van der Waals surface area contributed by atoms with Crippen molar-refractivity contribution < 1.29 is 9.59 Å². The maximum atomic E-state index is 11.9. The van der Waals surface area contributed by atoms with Gasteiger partial charge in [-0.2, -0.15) is 0 Å². The number of urea groups is 1. The number of rotatable bonds is 6. The molecule has 3 amide bonds. The second kappa shape index (κ2) is 6.91. The Kier molecular flexibility index (Phi) is 4.95. The van der Waals surface area contributed by atoms with E-state index in [9.17, 15) is 9.59 Å². The third kappa shape index (κ3) is 3.48. The second-order valence-electron chi connectivity index (χ2n) is 4.64. The molecule has 0 aliphatic carbocycles. The monoisotopic (exact) mass is 276 g/mol. The van der Waals surface area contributed by atoms with Gasteiger partial charge in [-0.3, -0.25) is 9.69 Å². The number of carbonyl (C=O) groups excluding carboxylic acids is 2. The minimum atomic E-state index is -0.0886. The number of nitrogens with one attached hydrogen (secondary N) is 3. The number of carbonyl (C=O) groups is 2. The van der Waals surface area contributed by atoms with Gasteiger partial charge in [0.05, 0.1) is 0 Å². The molecule has 0 spiro atoms. The zero-order chi connectivity index (χ0) is 14.4. The van der Waals surface area contributed by atoms with Crippen molar-refractivity contribution in [1.29, 1.82) is 0 Å². The first-order chi connectivity index (χ1) is 9.72. The lowest BCUT2D eigenvalue weighted by Gasteiger charge is -2.14. The second-order valence-corrected chi connectivity index (χ2v) is 4.64. The maximum absolute atomic E-state index is 11.9. The van der Waals surface area contributed by atoms with Gasteiger partial charge in [-0.1, -0.05) is 0 Å². The summed E-state index contributed by atoms with van der Waals surface area (Å²) in [5.74, 6) is -0.0847. The number of benzene rings is 1. The zero-order valence-electron chi connectivity index (χ0n) is 11.6. The first-order valence-corrected chi connectivity index (χ1v) is 6.80. The van der Waals surface area contributed by atoms with Crippen LogP contribution in [0.15, 0.2) is 24.3 Å². The van der Waals surface area contributed by atoms with Crippen LogP contribution in [-0.2, 0) is 0 Å². The van der Waals surface area contributed by atoms with Crippen LogP contribution >= 0.6 is 0 Å². The molecule has 1 heterocycles. The van der Waals surface area contributed by atoms with E-state index in [4.69, 9.17) is 0 Å². The predicted octanol–water partition coefficient (Wildman–Crippen LogP) is 0.556. The van der Waals surface area contributed by atoms with E-state index in [1.54, 1.807) is 29.2 Å². The average molecular weight is 276 g/mol. The van der Waals surface area contributed by atoms with Gasteiger partial charge < -0.3 is 16.0 Å². The molecule has 3 N–H and O–H groups in total. The Morgan fingerprint density at radius 2 is 2.05 bits per heavy atom. The van der Waals surface area contributed by atoms with Crippen LogP contribution < -0.4 is 20.9 Å². The molecule has 2 rings (SSSR count). The van der Waals surface area contributed by atoms with E-state index >= 15 is 0 Å². The van der Waals surface area contributed by atoms with Crippen molar-refractivity contribution in [2.75, 3.05) is 38.1 Å². The summed E-state index contributed by atoms with van der Waals surface area (Å²) < 4.78 is 0. The van der Waals surface area contributed by atoms with Gasteiger partial charge in [-0.25, -0.2) is 4.79 Å². The first kappa shape index (κ1) is 14.3. The van der Waals surface area contributed by atoms with Gasteiger partial charge in [0.15, 0.2) is 0 Å². The molecule has 1 aliphatic rings. The summed E-state index contributed by atoms with van der Waals surface area (Å²) in [5, 5.41) is 8.64. The minimum absolute atomic E-state index is 0.0847. The highest BCUT2D eigenvalue weighted by molar-refractivity contribution is 5.96. The van der Waals surface area contributed by atoms with Crippen LogP contribution in [0.5, 0.6) is 0 Å². The maximum Gasteiger partial charge on any atom is 0.321 e. The van der Waals surface area contributed by atoms with E-state index in [2.05, 4.69) is 16.0 Å². The van der Waals surface area contributed by atoms with Crippen LogP contribution in [0.3, 0.4) is 0 Å². The van der Waals surface area contributed by atoms with Crippen molar-refractivity contribution in [3.8, 4) is 0 Å². The number of nitrogens with zero attached hydrogens (tertiary/aromatic N) is 1. The van der Waals surface area contributed by atoms with Crippen molar-refractivity contribution in [1.82, 2.24) is 16.0 Å². The molecule has 1 aliphatic heterocycles. The van der Waals surface area contributed by atoms with E-state index in [0.717, 1.165) is 18.7 Å². The number of hydrogen-bond acceptors (Lipinski definition) is 3. The van der Waals surface area contributed by atoms with Gasteiger partial charge in [-0.15, -0.1) is 0 Å². The molecule has 1 saturated heterocycles. The van der Waals surface area contributed by atoms with Gasteiger partial charge in [0.2, 0.25) is 0 Å². The Balaban J connectivity index is 1.90. The highest BCUT2D eigenvalue weighted by Crippen LogP contribution is 2.17. The summed E-state index contributed by atoms with van der Waals surface area (Å²) in [7, 11) is 1.88. The third-order valence-electron chi connectivity index (χ3n) is 3.19. The van der Waals surface area contributed by atoms with Crippen LogP contribution in [0.1, 0.15) is 16.8 Å². The van der Waals surface area contributed by atoms with Crippen LogP contribution in [0.25, 0.3) is 0 Å². The molecule has 1 aromatic carbocycles. The molecule has 0 aromatic heterocycles. The summed E-state index contributed by atoms with van der Waals surface area (Å²) in [6, 6.07) is 7.00. The van der Waals surface area contributed by atoms with Gasteiger partial charge in [0, 0.05) is 30.9 Å². The summed E-state index contributed by atoms with van der Waals surface area (Å²) in [6.45, 7) is 2.85. The molecular weight excluding hydrogens is 256 g/mol. The molecule has 0 saturated carbocycles. The first-order valence-electron chi connectivity index (χ1n) is 6.80. The average Bonchev–Trinajstić information content (AvgIpc) is 2.90. The Labute approximate surface area is 118 Å². The van der Waals surface area contributed by atoms with Crippen molar-refractivity contribution in [2.45, 2.75) is 6.42 Å². The Morgan fingerprint density at radius 1 is 1.30 bits per heavy atom. The van der Waals surface area contributed by atoms with Crippen LogP contribution in [0, 0.1) is 0 Å². The summed E-state index contributed by atoms with van der Waals surface area (Å²) in [4.78, 5) is 25.1. The number of amides is 3. The molecule has 1 aromatic rings. The molecule has 20 heavy (non-hydrogen) atoms. The molecule has 0 radical (unpaired) electrons. The molecule has 6 nitrogen and oxygen atoms in total. The van der Waals surface area contributed by atoms with E-state index in [1.165, 1.54) is 0 Å². The zero-order valence-corrected chi connectivity index (χ0v) is 11.6. The van der Waals surface area contributed by atoms with Crippen molar-refractivity contribution in [3.05, 3.63) is 29.8 Å². The van der Waals surface area contributed by atoms with Gasteiger partial charge in [0.1, 0.15) is 0 Å². The lowest BCUT2D eigenvalue weighted by Crippen LogP contribution is -2.28. The lowest BCUT2D eigenvalue weighted by molar-refractivity contribution is 0.0953. The smallest absolute Gasteiger partial charge is 0.321 e. The highest BCUT2D eigenvalue weighted by atomic mass is 16.2. The topological polar surface area (TPSA) is 73.5 Å². The molecular formula is C14H20N4O2. The summed E-state index contributed by atoms with van der Waals surface area (Å²) >= 11 is 0. The van der Waals surface area contributed by atoms with Crippen LogP contribution in [0.2, 0.25) is 0 Å². The summed E-state index contributed by atoms with van der Waals surface area (Å²) in [5.41, 5.74) is 1.42. The Bertz CT molecular complexity index is 473. The molecule has 0 unspecified atom stereocenters. The molecule has 6 heteroatoms. The molecule has 1 fully saturated rings. The normalized spacial score (nSPS) is 14.2. The van der Waals surface area contributed by atoms with Gasteiger partial charge >= 0.3 is 6.03 Å². The predicted molar refractivity (Wildman–Crippen MR) is 78.1 cm³/mol. The highest BCUT2D eigenvalue weighted by Gasteiger charge is 2.20. The fourth-order valence-electron chi connectivity index (χ4n) is 2.08. The van der Waals surface area contributed by atoms with Crippen molar-refractivity contribution in [3.63, 3.8) is 0 Å². The fourth-order valence-corrected chi connectivity index (χ4v) is 2.08. The largest absolute Gasteiger partial charge is 0.352 e.